The van der Waals surface area contributed by atoms with Crippen molar-refractivity contribution in [3.05, 3.63) is 138 Å². The Balaban J connectivity index is 1.47. The molecule has 0 unspecified atom stereocenters. The second-order valence-electron chi connectivity index (χ2n) is 9.63. The molecule has 208 valence electrons. The lowest BCUT2D eigenvalue weighted by Crippen LogP contribution is -2.30. The lowest BCUT2D eigenvalue weighted by atomic mass is 9.65. The highest BCUT2D eigenvalue weighted by molar-refractivity contribution is 5.86. The Morgan fingerprint density at radius 2 is 1.24 bits per heavy atom. The number of esters is 2. The van der Waals surface area contributed by atoms with Gasteiger partial charge < -0.3 is 18.9 Å². The molecule has 5 rings (SSSR count). The Morgan fingerprint density at radius 3 is 1.78 bits per heavy atom. The van der Waals surface area contributed by atoms with E-state index in [1.54, 1.807) is 0 Å². The van der Waals surface area contributed by atoms with E-state index in [2.05, 4.69) is 79.9 Å². The monoisotopic (exact) mass is 548 g/mol. The van der Waals surface area contributed by atoms with Crippen LogP contribution in [0.3, 0.4) is 0 Å². The van der Waals surface area contributed by atoms with E-state index < -0.39 is 17.4 Å². The van der Waals surface area contributed by atoms with E-state index in [1.165, 1.54) is 27.8 Å². The molecule has 0 spiro atoms. The van der Waals surface area contributed by atoms with Crippen molar-refractivity contribution in [3.8, 4) is 16.9 Å². The van der Waals surface area contributed by atoms with Gasteiger partial charge in [0.15, 0.2) is 0 Å². The minimum Gasteiger partial charge on any atom is -0.494 e. The summed E-state index contributed by atoms with van der Waals surface area (Å²) in [7, 11) is 0. The lowest BCUT2D eigenvalue weighted by molar-refractivity contribution is -0.139. The van der Waals surface area contributed by atoms with E-state index in [4.69, 9.17) is 18.9 Å². The predicted octanol–water partition coefficient (Wildman–Crippen LogP) is 6.46. The van der Waals surface area contributed by atoms with Crippen molar-refractivity contribution in [3.63, 3.8) is 0 Å². The summed E-state index contributed by atoms with van der Waals surface area (Å²) in [6, 6.07) is 25.4. The molecule has 0 fully saturated rings. The van der Waals surface area contributed by atoms with Crippen LogP contribution in [0.4, 0.5) is 0 Å². The zero-order valence-corrected chi connectivity index (χ0v) is 22.8. The van der Waals surface area contributed by atoms with Crippen molar-refractivity contribution < 1.29 is 28.5 Å². The fraction of sp³-hybridized carbons (Fsp3) is 0.200. The summed E-state index contributed by atoms with van der Waals surface area (Å²) in [5.74, 6) is 0.632. The van der Waals surface area contributed by atoms with Crippen molar-refractivity contribution in [2.45, 2.75) is 18.3 Å². The highest BCUT2D eigenvalue weighted by Crippen LogP contribution is 2.57. The molecule has 0 heterocycles. The van der Waals surface area contributed by atoms with Crippen molar-refractivity contribution in [2.24, 2.45) is 0 Å². The van der Waals surface area contributed by atoms with Gasteiger partial charge in [0, 0.05) is 18.6 Å². The van der Waals surface area contributed by atoms with Crippen molar-refractivity contribution in [1.29, 1.82) is 0 Å². The molecule has 0 N–H and O–H groups in total. The highest BCUT2D eigenvalue weighted by atomic mass is 16.6. The molecular formula is C35H32O6. The van der Waals surface area contributed by atoms with Gasteiger partial charge in [0.2, 0.25) is 0 Å². The SMILES string of the molecule is C=CC(=O)OCCOC1=CC=C(C2(c3ccc(OCCOC(=O)C=C)cc3)c3ccccc3-c3ccccc32)CC1. The van der Waals surface area contributed by atoms with Gasteiger partial charge in [0.25, 0.3) is 0 Å². The van der Waals surface area contributed by atoms with E-state index in [0.717, 1.165) is 36.3 Å². The maximum atomic E-state index is 11.3. The standard InChI is InChI=1S/C35H32O6/c1-3-33(36)40-23-21-38-27-17-13-25(14-18-27)35(26-15-19-28(20-16-26)39-22-24-41-34(37)4-2)31-11-7-5-9-29(31)30-10-6-8-12-32(30)35/h3-15,17-19H,1-2,16,20-24H2. The van der Waals surface area contributed by atoms with E-state index in [9.17, 15) is 9.59 Å². The number of hydrogen-bond acceptors (Lipinski definition) is 6. The first-order chi connectivity index (χ1) is 20.1. The summed E-state index contributed by atoms with van der Waals surface area (Å²) >= 11 is 0. The Hall–Kier alpha value is -4.84. The third-order valence-corrected chi connectivity index (χ3v) is 7.38. The molecule has 6 nitrogen and oxygen atoms in total. The quantitative estimate of drug-likeness (QED) is 0.147. The molecule has 0 aromatic heterocycles. The summed E-state index contributed by atoms with van der Waals surface area (Å²) in [4.78, 5) is 22.6. The van der Waals surface area contributed by atoms with Crippen LogP contribution in [0.2, 0.25) is 0 Å². The average Bonchev–Trinajstić information content (AvgIpc) is 3.33. The number of fused-ring (bicyclic) bond motifs is 3. The maximum absolute atomic E-state index is 11.3. The van der Waals surface area contributed by atoms with Crippen LogP contribution < -0.4 is 4.74 Å². The number of benzene rings is 3. The summed E-state index contributed by atoms with van der Waals surface area (Å²) in [5, 5.41) is 0. The Bertz CT molecular complexity index is 1470. The number of carbonyl (C=O) groups is 2. The molecule has 6 heteroatoms. The largest absolute Gasteiger partial charge is 0.494 e. The zero-order chi connectivity index (χ0) is 28.7. The lowest BCUT2D eigenvalue weighted by Gasteiger charge is -2.37. The van der Waals surface area contributed by atoms with Crippen molar-refractivity contribution in [2.75, 3.05) is 26.4 Å². The van der Waals surface area contributed by atoms with Gasteiger partial charge in [0.1, 0.15) is 32.2 Å². The summed E-state index contributed by atoms with van der Waals surface area (Å²) < 4.78 is 21.8. The number of hydrogen-bond donors (Lipinski definition) is 0. The van der Waals surface area contributed by atoms with Crippen LogP contribution in [0.1, 0.15) is 29.5 Å². The molecule has 2 aliphatic carbocycles. The predicted molar refractivity (Wildman–Crippen MR) is 157 cm³/mol. The third kappa shape index (κ3) is 5.59. The van der Waals surface area contributed by atoms with Crippen LogP contribution in [0.5, 0.6) is 5.75 Å². The number of carbonyl (C=O) groups excluding carboxylic acids is 2. The number of allylic oxidation sites excluding steroid dienone is 4. The second-order valence-corrected chi connectivity index (χ2v) is 9.63. The Morgan fingerprint density at radius 1 is 0.683 bits per heavy atom. The van der Waals surface area contributed by atoms with Crippen LogP contribution in [0.15, 0.2) is 122 Å². The first kappa shape index (κ1) is 27.7. The molecule has 3 aromatic carbocycles. The topological polar surface area (TPSA) is 71.1 Å². The van der Waals surface area contributed by atoms with Gasteiger partial charge in [-0.2, -0.15) is 0 Å². The second kappa shape index (κ2) is 12.6. The van der Waals surface area contributed by atoms with Crippen LogP contribution in [0.25, 0.3) is 11.1 Å². The van der Waals surface area contributed by atoms with Crippen LogP contribution in [-0.4, -0.2) is 38.4 Å². The van der Waals surface area contributed by atoms with Crippen LogP contribution in [-0.2, 0) is 29.2 Å². The normalized spacial score (nSPS) is 14.4. The molecule has 2 aliphatic rings. The fourth-order valence-electron chi connectivity index (χ4n) is 5.66. The van der Waals surface area contributed by atoms with Gasteiger partial charge >= 0.3 is 11.9 Å². The molecule has 0 saturated heterocycles. The minimum atomic E-state index is -0.479. The van der Waals surface area contributed by atoms with Gasteiger partial charge in [0.05, 0.1) is 11.2 Å². The van der Waals surface area contributed by atoms with Gasteiger partial charge in [-0.3, -0.25) is 0 Å². The molecule has 0 atom stereocenters. The smallest absolute Gasteiger partial charge is 0.330 e. The summed E-state index contributed by atoms with van der Waals surface area (Å²) in [6.45, 7) is 7.68. The molecule has 0 aliphatic heterocycles. The Kier molecular flexibility index (Phi) is 8.49. The zero-order valence-electron chi connectivity index (χ0n) is 22.8. The molecular weight excluding hydrogens is 516 g/mol. The third-order valence-electron chi connectivity index (χ3n) is 7.38. The maximum Gasteiger partial charge on any atom is 0.330 e. The minimum absolute atomic E-state index is 0.150. The van der Waals surface area contributed by atoms with Gasteiger partial charge in [-0.1, -0.05) is 85.5 Å². The van der Waals surface area contributed by atoms with E-state index in [1.807, 2.05) is 18.2 Å². The Labute approximate surface area is 240 Å². The molecule has 0 saturated carbocycles. The van der Waals surface area contributed by atoms with E-state index in [-0.39, 0.29) is 19.8 Å². The van der Waals surface area contributed by atoms with Gasteiger partial charge in [-0.25, -0.2) is 9.59 Å². The highest BCUT2D eigenvalue weighted by Gasteiger charge is 2.47. The van der Waals surface area contributed by atoms with E-state index >= 15 is 0 Å². The molecule has 0 radical (unpaired) electrons. The molecule has 41 heavy (non-hydrogen) atoms. The van der Waals surface area contributed by atoms with Crippen LogP contribution in [0, 0.1) is 0 Å². The first-order valence-electron chi connectivity index (χ1n) is 13.6. The summed E-state index contributed by atoms with van der Waals surface area (Å²) in [6.07, 6.45) is 8.01. The summed E-state index contributed by atoms with van der Waals surface area (Å²) in [5.41, 5.74) is 6.86. The van der Waals surface area contributed by atoms with Gasteiger partial charge in [-0.05, 0) is 52.4 Å². The molecule has 0 bridgehead atoms. The molecule has 3 aromatic rings. The number of ether oxygens (including phenoxy) is 4. The molecule has 0 amide bonds. The first-order valence-corrected chi connectivity index (χ1v) is 13.6. The van der Waals surface area contributed by atoms with Crippen molar-refractivity contribution >= 4 is 11.9 Å². The van der Waals surface area contributed by atoms with Crippen LogP contribution >= 0.6 is 0 Å². The van der Waals surface area contributed by atoms with E-state index in [0.29, 0.717) is 12.4 Å². The number of rotatable bonds is 12. The average molecular weight is 549 g/mol. The fourth-order valence-corrected chi connectivity index (χ4v) is 5.66. The van der Waals surface area contributed by atoms with Gasteiger partial charge in [-0.15, -0.1) is 0 Å². The van der Waals surface area contributed by atoms with Crippen molar-refractivity contribution in [1.82, 2.24) is 0 Å².